The number of likely N-dealkylation sites (tertiary alicyclic amines) is 1. The number of nitrogens with one attached hydrogen (secondary N) is 1. The van der Waals surface area contributed by atoms with E-state index in [1.807, 2.05) is 76.3 Å². The van der Waals surface area contributed by atoms with Gasteiger partial charge >= 0.3 is 0 Å². The van der Waals surface area contributed by atoms with Crippen LogP contribution in [-0.2, 0) is 16.1 Å². The van der Waals surface area contributed by atoms with E-state index in [-0.39, 0.29) is 5.91 Å². The highest BCUT2D eigenvalue weighted by Gasteiger charge is 2.26. The summed E-state index contributed by atoms with van der Waals surface area (Å²) >= 11 is 0. The zero-order valence-corrected chi connectivity index (χ0v) is 27.7. The molecule has 0 spiro atoms. The van der Waals surface area contributed by atoms with Crippen molar-refractivity contribution in [1.82, 2.24) is 24.6 Å². The average Bonchev–Trinajstić information content (AvgIpc) is 3.84. The van der Waals surface area contributed by atoms with E-state index in [2.05, 4.69) is 40.0 Å². The van der Waals surface area contributed by atoms with E-state index in [0.717, 1.165) is 47.8 Å². The Labute approximate surface area is 286 Å². The minimum absolute atomic E-state index is 0.312. The molecule has 2 saturated heterocycles. The molecule has 7 rings (SSSR count). The molecule has 11 nitrogen and oxygen atoms in total. The fourth-order valence-electron chi connectivity index (χ4n) is 6.42. The van der Waals surface area contributed by atoms with Crippen molar-refractivity contribution in [1.29, 1.82) is 0 Å². The van der Waals surface area contributed by atoms with Gasteiger partial charge < -0.3 is 19.7 Å². The van der Waals surface area contributed by atoms with Gasteiger partial charge in [-0.15, -0.1) is 0 Å². The third kappa shape index (κ3) is 7.03. The summed E-state index contributed by atoms with van der Waals surface area (Å²) in [7, 11) is 1.64. The van der Waals surface area contributed by atoms with Crippen LogP contribution in [0.4, 0.5) is 28.7 Å². The van der Waals surface area contributed by atoms with Crippen LogP contribution >= 0.6 is 0 Å². The van der Waals surface area contributed by atoms with Crippen molar-refractivity contribution in [2.24, 2.45) is 0 Å². The number of rotatable bonds is 11. The molecule has 0 aliphatic carbocycles. The number of nitrogens with zero attached hydrogens (tertiary/aromatic N) is 7. The summed E-state index contributed by atoms with van der Waals surface area (Å²) in [6, 6.07) is 25.9. The standard InChI is InChI=1S/C38H40N8O3/c1-3-36(47)40-31-24-33(34(48-2)25-32(31)44-20-22-49-23-21-44)46(30-14-8-5-9-15-30)38-39-17-16-35(41-38)45-27-29(26-43-18-10-11-19-43)37(42-45)28-12-6-4-7-13-28/h3-9,12-17,24-25,27H,1,10-11,18-23,26H2,2H3,(H,40,47). The number of methoxy groups -OCH3 is 1. The fraction of sp³-hybridized carbons (Fsp3) is 0.263. The molecule has 0 atom stereocenters. The van der Waals surface area contributed by atoms with Crippen LogP contribution in [0.3, 0.4) is 0 Å². The normalized spacial score (nSPS) is 14.8. The molecule has 49 heavy (non-hydrogen) atoms. The van der Waals surface area contributed by atoms with Crippen LogP contribution in [0.2, 0.25) is 0 Å². The smallest absolute Gasteiger partial charge is 0.247 e. The topological polar surface area (TPSA) is 101 Å². The second kappa shape index (κ2) is 14.7. The number of morpholine rings is 1. The number of carbonyl (C=O) groups excluding carboxylic acids is 1. The number of para-hydroxylation sites is 1. The molecule has 2 aromatic heterocycles. The molecule has 5 aromatic rings. The zero-order chi connectivity index (χ0) is 33.6. The van der Waals surface area contributed by atoms with Gasteiger partial charge in [0.1, 0.15) is 5.75 Å². The average molecular weight is 657 g/mol. The Morgan fingerprint density at radius 2 is 1.73 bits per heavy atom. The van der Waals surface area contributed by atoms with Crippen LogP contribution in [0.15, 0.2) is 104 Å². The predicted octanol–water partition coefficient (Wildman–Crippen LogP) is 6.36. The summed E-state index contributed by atoms with van der Waals surface area (Å²) in [6.07, 6.45) is 7.53. The minimum atomic E-state index is -0.312. The molecule has 2 aliphatic heterocycles. The first kappa shape index (κ1) is 32.0. The van der Waals surface area contributed by atoms with Gasteiger partial charge in [0.2, 0.25) is 11.9 Å². The SMILES string of the molecule is C=CC(=O)Nc1cc(N(c2ccccc2)c2nccc(-n3cc(CN4CCCC4)c(-c4ccccc4)n3)n2)c(OC)cc1N1CCOCC1. The van der Waals surface area contributed by atoms with Crippen LogP contribution in [0, 0.1) is 0 Å². The number of aromatic nitrogens is 4. The molecule has 0 bridgehead atoms. The molecule has 0 radical (unpaired) electrons. The zero-order valence-electron chi connectivity index (χ0n) is 27.7. The minimum Gasteiger partial charge on any atom is -0.494 e. The first-order valence-corrected chi connectivity index (χ1v) is 16.6. The molecule has 11 heteroatoms. The van der Waals surface area contributed by atoms with Gasteiger partial charge in [0.15, 0.2) is 5.82 Å². The van der Waals surface area contributed by atoms with Crippen LogP contribution in [0.5, 0.6) is 5.75 Å². The van der Waals surface area contributed by atoms with Crippen molar-refractivity contribution in [2.45, 2.75) is 19.4 Å². The van der Waals surface area contributed by atoms with Crippen molar-refractivity contribution in [3.05, 3.63) is 109 Å². The van der Waals surface area contributed by atoms with Crippen molar-refractivity contribution < 1.29 is 14.3 Å². The predicted molar refractivity (Wildman–Crippen MR) is 192 cm³/mol. The Morgan fingerprint density at radius 3 is 2.45 bits per heavy atom. The maximum atomic E-state index is 12.7. The lowest BCUT2D eigenvalue weighted by Crippen LogP contribution is -2.36. The van der Waals surface area contributed by atoms with E-state index in [1.54, 1.807) is 13.3 Å². The van der Waals surface area contributed by atoms with Gasteiger partial charge in [-0.3, -0.25) is 14.6 Å². The maximum absolute atomic E-state index is 12.7. The highest BCUT2D eigenvalue weighted by atomic mass is 16.5. The molecular weight excluding hydrogens is 616 g/mol. The molecule has 250 valence electrons. The maximum Gasteiger partial charge on any atom is 0.247 e. The summed E-state index contributed by atoms with van der Waals surface area (Å²) in [5, 5.41) is 8.09. The van der Waals surface area contributed by atoms with E-state index in [1.165, 1.54) is 18.9 Å². The molecule has 4 heterocycles. The summed E-state index contributed by atoms with van der Waals surface area (Å²) in [5.41, 5.74) is 6.07. The molecule has 2 aliphatic rings. The Balaban J connectivity index is 1.34. The number of hydrogen-bond donors (Lipinski definition) is 1. The summed E-state index contributed by atoms with van der Waals surface area (Å²) in [6.45, 7) is 9.22. The molecule has 3 aromatic carbocycles. The highest BCUT2D eigenvalue weighted by molar-refractivity contribution is 6.02. The molecule has 0 saturated carbocycles. The lowest BCUT2D eigenvalue weighted by molar-refractivity contribution is -0.111. The Kier molecular flexibility index (Phi) is 9.62. The third-order valence-electron chi connectivity index (χ3n) is 8.84. The number of ether oxygens (including phenoxy) is 2. The van der Waals surface area contributed by atoms with Crippen molar-refractivity contribution in [3.63, 3.8) is 0 Å². The van der Waals surface area contributed by atoms with Gasteiger partial charge in [-0.2, -0.15) is 10.1 Å². The number of anilines is 5. The number of benzene rings is 3. The largest absolute Gasteiger partial charge is 0.494 e. The van der Waals surface area contributed by atoms with Gasteiger partial charge in [0.05, 0.1) is 43.1 Å². The van der Waals surface area contributed by atoms with Crippen molar-refractivity contribution in [3.8, 4) is 22.8 Å². The van der Waals surface area contributed by atoms with Crippen LogP contribution in [0.25, 0.3) is 17.1 Å². The lowest BCUT2D eigenvalue weighted by Gasteiger charge is -2.32. The number of hydrogen-bond acceptors (Lipinski definition) is 9. The molecular formula is C38H40N8O3. The van der Waals surface area contributed by atoms with Crippen molar-refractivity contribution in [2.75, 3.05) is 61.6 Å². The fourth-order valence-corrected chi connectivity index (χ4v) is 6.42. The highest BCUT2D eigenvalue weighted by Crippen LogP contribution is 2.44. The Morgan fingerprint density at radius 1 is 1.00 bits per heavy atom. The van der Waals surface area contributed by atoms with Crippen LogP contribution in [-0.4, -0.2) is 77.1 Å². The summed E-state index contributed by atoms with van der Waals surface area (Å²) in [5.74, 6) is 1.32. The molecule has 1 amide bonds. The van der Waals surface area contributed by atoms with E-state index in [0.29, 0.717) is 55.2 Å². The monoisotopic (exact) mass is 656 g/mol. The second-order valence-electron chi connectivity index (χ2n) is 12.0. The van der Waals surface area contributed by atoms with E-state index >= 15 is 0 Å². The van der Waals surface area contributed by atoms with Crippen LogP contribution < -0.4 is 19.9 Å². The lowest BCUT2D eigenvalue weighted by atomic mass is 10.1. The Hall–Kier alpha value is -5.52. The first-order chi connectivity index (χ1) is 24.1. The molecule has 1 N–H and O–H groups in total. The van der Waals surface area contributed by atoms with Crippen LogP contribution in [0.1, 0.15) is 18.4 Å². The Bertz CT molecular complexity index is 1900. The number of carbonyl (C=O) groups is 1. The third-order valence-corrected chi connectivity index (χ3v) is 8.84. The van der Waals surface area contributed by atoms with Gasteiger partial charge in [0.25, 0.3) is 0 Å². The molecule has 0 unspecified atom stereocenters. The second-order valence-corrected chi connectivity index (χ2v) is 12.0. The van der Waals surface area contributed by atoms with Gasteiger partial charge in [-0.1, -0.05) is 55.1 Å². The van der Waals surface area contributed by atoms with E-state index in [9.17, 15) is 4.79 Å². The summed E-state index contributed by atoms with van der Waals surface area (Å²) < 4.78 is 13.5. The van der Waals surface area contributed by atoms with Gasteiger partial charge in [-0.25, -0.2) is 9.67 Å². The molecule has 2 fully saturated rings. The van der Waals surface area contributed by atoms with Gasteiger partial charge in [0, 0.05) is 61.0 Å². The quantitative estimate of drug-likeness (QED) is 0.163. The summed E-state index contributed by atoms with van der Waals surface area (Å²) in [4.78, 5) is 29.1. The van der Waals surface area contributed by atoms with E-state index < -0.39 is 0 Å². The van der Waals surface area contributed by atoms with Gasteiger partial charge in [-0.05, 0) is 50.2 Å². The van der Waals surface area contributed by atoms with E-state index in [4.69, 9.17) is 24.5 Å². The number of amides is 1. The first-order valence-electron chi connectivity index (χ1n) is 16.6. The van der Waals surface area contributed by atoms with Crippen molar-refractivity contribution >= 4 is 34.6 Å².